The average Bonchev–Trinajstić information content (AvgIpc) is 2.91. The molecule has 0 heterocycles. The molecule has 0 fully saturated rings. The Morgan fingerprint density at radius 1 is 1.00 bits per heavy atom. The largest absolute Gasteiger partial charge is 0.748 e. The zero-order valence-electron chi connectivity index (χ0n) is 9.33. The molecule has 1 unspecified atom stereocenters. The van der Waals surface area contributed by atoms with Crippen molar-refractivity contribution in [2.24, 2.45) is 0 Å². The van der Waals surface area contributed by atoms with Crippen LogP contribution in [0.2, 0.25) is 0 Å². The molecule has 0 radical (unpaired) electrons. The summed E-state index contributed by atoms with van der Waals surface area (Å²) in [4.78, 5) is 0. The summed E-state index contributed by atoms with van der Waals surface area (Å²) in [7, 11) is 0. The molecule has 15 heavy (non-hydrogen) atoms. The molecule has 0 spiro atoms. The van der Waals surface area contributed by atoms with Crippen LogP contribution in [0.1, 0.15) is 31.7 Å². The average molecular weight is 242 g/mol. The smallest absolute Gasteiger partial charge is 0 e. The van der Waals surface area contributed by atoms with Gasteiger partial charge in [0.25, 0.3) is 0 Å². The van der Waals surface area contributed by atoms with Gasteiger partial charge >= 0.3 is 0 Å². The van der Waals surface area contributed by atoms with Gasteiger partial charge in [-0.2, -0.15) is 17.7 Å². The fourth-order valence-corrected chi connectivity index (χ4v) is 1.27. The van der Waals surface area contributed by atoms with Gasteiger partial charge in [0.15, 0.2) is 0 Å². The maximum absolute atomic E-state index is 2.26. The molecular formula is C14H18Fe-6. The number of rotatable bonds is 2. The van der Waals surface area contributed by atoms with Crippen LogP contribution in [0.25, 0.3) is 0 Å². The standard InChI is InChI=1S/C9H13.C5H5.Fe/c1-3-8(2)9-6-4-5-7-9;1-2-4-5-3-1;/h4-8H,3H2,1-2H3;1-5H;/q-1;-5;. The normalized spacial score (nSPS) is 10.8. The summed E-state index contributed by atoms with van der Waals surface area (Å²) in [5.74, 6) is 0.736. The van der Waals surface area contributed by atoms with Crippen molar-refractivity contribution in [1.82, 2.24) is 0 Å². The topological polar surface area (TPSA) is 0 Å². The monoisotopic (exact) mass is 242 g/mol. The third kappa shape index (κ3) is 5.61. The van der Waals surface area contributed by atoms with Gasteiger partial charge in [0, 0.05) is 17.1 Å². The van der Waals surface area contributed by atoms with Crippen LogP contribution in [0.4, 0.5) is 0 Å². The SMILES string of the molecule is CCC(C)[c-]1cccc1.[Fe].[cH-]1[cH-][cH-][cH-][cH-]1. The molecule has 0 aliphatic rings. The van der Waals surface area contributed by atoms with E-state index >= 15 is 0 Å². The molecule has 0 bridgehead atoms. The molecular weight excluding hydrogens is 224 g/mol. The van der Waals surface area contributed by atoms with E-state index < -0.39 is 0 Å². The molecule has 0 amide bonds. The minimum absolute atomic E-state index is 0. The van der Waals surface area contributed by atoms with Gasteiger partial charge in [-0.1, -0.05) is 26.2 Å². The summed E-state index contributed by atoms with van der Waals surface area (Å²) >= 11 is 0. The Labute approximate surface area is 104 Å². The summed E-state index contributed by atoms with van der Waals surface area (Å²) in [6.45, 7) is 4.48. The fraction of sp³-hybridized carbons (Fsp3) is 0.286. The minimum atomic E-state index is 0. The molecule has 0 nitrogen and oxygen atoms in total. The van der Waals surface area contributed by atoms with Crippen molar-refractivity contribution >= 4 is 0 Å². The summed E-state index contributed by atoms with van der Waals surface area (Å²) in [6, 6.07) is 18.6. The Kier molecular flexibility index (Phi) is 8.08. The van der Waals surface area contributed by atoms with E-state index in [1.165, 1.54) is 12.0 Å². The molecule has 0 aliphatic carbocycles. The van der Waals surface area contributed by atoms with Crippen LogP contribution >= 0.6 is 0 Å². The fourth-order valence-electron chi connectivity index (χ4n) is 1.27. The first-order valence-corrected chi connectivity index (χ1v) is 5.23. The Bertz CT molecular complexity index is 275. The first kappa shape index (κ1) is 14.2. The second-order valence-corrected chi connectivity index (χ2v) is 3.49. The predicted octanol–water partition coefficient (Wildman–Crippen LogP) is 4.32. The van der Waals surface area contributed by atoms with Crippen molar-refractivity contribution in [2.75, 3.05) is 0 Å². The van der Waals surface area contributed by atoms with Crippen molar-refractivity contribution in [2.45, 2.75) is 26.2 Å². The van der Waals surface area contributed by atoms with Crippen LogP contribution in [0, 0.1) is 0 Å². The van der Waals surface area contributed by atoms with Crippen molar-refractivity contribution in [1.29, 1.82) is 0 Å². The van der Waals surface area contributed by atoms with E-state index in [9.17, 15) is 0 Å². The summed E-state index contributed by atoms with van der Waals surface area (Å²) in [6.07, 6.45) is 1.24. The van der Waals surface area contributed by atoms with E-state index in [1.54, 1.807) is 0 Å². The van der Waals surface area contributed by atoms with Gasteiger partial charge < -0.3 is 30.3 Å². The Hall–Kier alpha value is -0.781. The maximum atomic E-state index is 2.26. The van der Waals surface area contributed by atoms with Crippen LogP contribution < -0.4 is 0 Å². The quantitative estimate of drug-likeness (QED) is 0.543. The van der Waals surface area contributed by atoms with Gasteiger partial charge in [-0.3, -0.25) is 0 Å². The molecule has 0 aromatic heterocycles. The van der Waals surface area contributed by atoms with E-state index in [-0.39, 0.29) is 17.1 Å². The number of hydrogen-bond donors (Lipinski definition) is 0. The molecule has 1 atom stereocenters. The van der Waals surface area contributed by atoms with E-state index in [0.717, 1.165) is 5.92 Å². The van der Waals surface area contributed by atoms with E-state index in [2.05, 4.69) is 38.1 Å². The Balaban J connectivity index is 0.000000280. The first-order chi connectivity index (χ1) is 6.84. The third-order valence-electron chi connectivity index (χ3n) is 2.43. The van der Waals surface area contributed by atoms with Crippen LogP contribution in [-0.4, -0.2) is 0 Å². The summed E-state index contributed by atoms with van der Waals surface area (Å²) in [5.41, 5.74) is 1.47. The van der Waals surface area contributed by atoms with E-state index in [1.807, 2.05) is 30.3 Å². The van der Waals surface area contributed by atoms with Gasteiger partial charge in [0.1, 0.15) is 0 Å². The van der Waals surface area contributed by atoms with Crippen LogP contribution in [-0.2, 0) is 17.1 Å². The van der Waals surface area contributed by atoms with Crippen molar-refractivity contribution in [3.05, 3.63) is 60.2 Å². The van der Waals surface area contributed by atoms with Crippen molar-refractivity contribution in [3.8, 4) is 0 Å². The zero-order chi connectivity index (χ0) is 10.2. The van der Waals surface area contributed by atoms with Crippen molar-refractivity contribution < 1.29 is 17.1 Å². The van der Waals surface area contributed by atoms with Crippen molar-refractivity contribution in [3.63, 3.8) is 0 Å². The minimum Gasteiger partial charge on any atom is -0.748 e. The molecule has 2 aromatic rings. The van der Waals surface area contributed by atoms with Crippen LogP contribution in [0.15, 0.2) is 54.6 Å². The molecule has 2 aromatic carbocycles. The molecule has 2 rings (SSSR count). The van der Waals surface area contributed by atoms with Gasteiger partial charge in [-0.15, -0.1) is 0 Å². The first-order valence-electron chi connectivity index (χ1n) is 5.23. The van der Waals surface area contributed by atoms with Gasteiger partial charge in [0.05, 0.1) is 0 Å². The second-order valence-electron chi connectivity index (χ2n) is 3.49. The summed E-state index contributed by atoms with van der Waals surface area (Å²) in [5, 5.41) is 0. The third-order valence-corrected chi connectivity index (χ3v) is 2.43. The molecule has 0 saturated heterocycles. The Morgan fingerprint density at radius 3 is 1.73 bits per heavy atom. The maximum Gasteiger partial charge on any atom is 0 e. The van der Waals surface area contributed by atoms with Crippen LogP contribution in [0.5, 0.6) is 0 Å². The zero-order valence-corrected chi connectivity index (χ0v) is 10.4. The Morgan fingerprint density at radius 2 is 1.40 bits per heavy atom. The molecule has 1 heteroatoms. The van der Waals surface area contributed by atoms with Gasteiger partial charge in [0.2, 0.25) is 0 Å². The molecule has 0 N–H and O–H groups in total. The molecule has 0 saturated carbocycles. The molecule has 0 aliphatic heterocycles. The second kappa shape index (κ2) is 8.52. The van der Waals surface area contributed by atoms with Crippen LogP contribution in [0.3, 0.4) is 0 Å². The van der Waals surface area contributed by atoms with E-state index in [4.69, 9.17) is 0 Å². The van der Waals surface area contributed by atoms with E-state index in [0.29, 0.717) is 0 Å². The number of hydrogen-bond acceptors (Lipinski definition) is 0. The van der Waals surface area contributed by atoms with Gasteiger partial charge in [-0.25, -0.2) is 12.1 Å². The summed E-state index contributed by atoms with van der Waals surface area (Å²) < 4.78 is 0. The predicted molar refractivity (Wildman–Crippen MR) is 62.8 cm³/mol. The molecule has 88 valence electrons. The van der Waals surface area contributed by atoms with Gasteiger partial charge in [-0.05, 0) is 0 Å².